The highest BCUT2D eigenvalue weighted by atomic mass is 17.2. The summed E-state index contributed by atoms with van der Waals surface area (Å²) >= 11 is 0. The standard InChI is InChI=1S/C20H29O3/c1-14(2)15-10-12-16(13-11-15)19(21)23-22-18-9-7-6-8-17(18)20(3,4)5/h10-14,17H,6-9H2,1-5H3. The van der Waals surface area contributed by atoms with E-state index >= 15 is 0 Å². The van der Waals surface area contributed by atoms with Crippen molar-refractivity contribution in [1.82, 2.24) is 0 Å². The third-order valence-corrected chi connectivity index (χ3v) is 4.64. The molecule has 1 fully saturated rings. The van der Waals surface area contributed by atoms with Crippen molar-refractivity contribution in [2.24, 2.45) is 11.3 Å². The normalized spacial score (nSPS) is 19.8. The Hall–Kier alpha value is -1.35. The largest absolute Gasteiger partial charge is 0.373 e. The van der Waals surface area contributed by atoms with Gasteiger partial charge in [-0.05, 0) is 41.9 Å². The van der Waals surface area contributed by atoms with Crippen molar-refractivity contribution in [1.29, 1.82) is 0 Å². The molecule has 1 aromatic carbocycles. The Balaban J connectivity index is 1.94. The molecule has 0 saturated heterocycles. The molecule has 1 saturated carbocycles. The minimum atomic E-state index is -0.425. The maximum absolute atomic E-state index is 12.2. The molecule has 1 unspecified atom stereocenters. The van der Waals surface area contributed by atoms with Crippen molar-refractivity contribution < 1.29 is 14.6 Å². The second-order valence-electron chi connectivity index (χ2n) is 7.86. The molecule has 1 atom stereocenters. The molecular weight excluding hydrogens is 288 g/mol. The van der Waals surface area contributed by atoms with E-state index in [4.69, 9.17) is 9.78 Å². The Morgan fingerprint density at radius 1 is 1.13 bits per heavy atom. The Bertz CT molecular complexity index is 511. The van der Waals surface area contributed by atoms with Gasteiger partial charge in [0.2, 0.25) is 0 Å². The van der Waals surface area contributed by atoms with E-state index in [1.807, 2.05) is 12.1 Å². The topological polar surface area (TPSA) is 35.5 Å². The molecular formula is C20H29O3. The van der Waals surface area contributed by atoms with Crippen molar-refractivity contribution in [3.63, 3.8) is 0 Å². The Kier molecular flexibility index (Phi) is 5.85. The minimum Gasteiger partial charge on any atom is -0.292 e. The smallest absolute Gasteiger partial charge is 0.292 e. The van der Waals surface area contributed by atoms with Crippen LogP contribution in [0.25, 0.3) is 0 Å². The van der Waals surface area contributed by atoms with Crippen molar-refractivity contribution in [2.45, 2.75) is 66.2 Å². The highest BCUT2D eigenvalue weighted by Gasteiger charge is 2.37. The number of rotatable bonds is 4. The maximum Gasteiger partial charge on any atom is 0.373 e. The molecule has 0 aliphatic heterocycles. The van der Waals surface area contributed by atoms with E-state index in [1.165, 1.54) is 12.0 Å². The predicted octanol–water partition coefficient (Wildman–Crippen LogP) is 5.67. The van der Waals surface area contributed by atoms with Gasteiger partial charge in [0.15, 0.2) is 6.10 Å². The zero-order chi connectivity index (χ0) is 17.0. The highest BCUT2D eigenvalue weighted by molar-refractivity contribution is 5.88. The summed E-state index contributed by atoms with van der Waals surface area (Å²) in [5, 5.41) is 0. The van der Waals surface area contributed by atoms with E-state index in [0.717, 1.165) is 25.4 Å². The van der Waals surface area contributed by atoms with Gasteiger partial charge in [0.25, 0.3) is 0 Å². The molecule has 23 heavy (non-hydrogen) atoms. The van der Waals surface area contributed by atoms with Gasteiger partial charge in [-0.3, -0.25) is 4.89 Å². The van der Waals surface area contributed by atoms with E-state index in [0.29, 0.717) is 17.4 Å². The average molecular weight is 317 g/mol. The number of benzene rings is 1. The van der Waals surface area contributed by atoms with Gasteiger partial charge >= 0.3 is 5.97 Å². The van der Waals surface area contributed by atoms with Crippen molar-refractivity contribution in [3.8, 4) is 0 Å². The molecule has 1 aliphatic carbocycles. The number of hydrogen-bond donors (Lipinski definition) is 0. The van der Waals surface area contributed by atoms with Gasteiger partial charge in [-0.25, -0.2) is 4.79 Å². The first kappa shape index (κ1) is 18.0. The van der Waals surface area contributed by atoms with Crippen LogP contribution in [0.4, 0.5) is 0 Å². The molecule has 0 N–H and O–H groups in total. The third-order valence-electron chi connectivity index (χ3n) is 4.64. The Morgan fingerprint density at radius 2 is 1.78 bits per heavy atom. The van der Waals surface area contributed by atoms with Crippen LogP contribution >= 0.6 is 0 Å². The first-order chi connectivity index (χ1) is 10.8. The van der Waals surface area contributed by atoms with E-state index in [-0.39, 0.29) is 5.41 Å². The fourth-order valence-electron chi connectivity index (χ4n) is 3.14. The molecule has 0 amide bonds. The van der Waals surface area contributed by atoms with Gasteiger partial charge in [-0.1, -0.05) is 59.6 Å². The molecule has 0 bridgehead atoms. The van der Waals surface area contributed by atoms with Crippen LogP contribution in [0, 0.1) is 17.4 Å². The maximum atomic E-state index is 12.2. The zero-order valence-corrected chi connectivity index (χ0v) is 15.0. The second kappa shape index (κ2) is 7.48. The van der Waals surface area contributed by atoms with Crippen LogP contribution in [-0.2, 0) is 9.78 Å². The quantitative estimate of drug-likeness (QED) is 0.530. The summed E-state index contributed by atoms with van der Waals surface area (Å²) in [6.07, 6.45) is 5.19. The van der Waals surface area contributed by atoms with Gasteiger partial charge in [0.1, 0.15) is 0 Å². The van der Waals surface area contributed by atoms with E-state index in [1.54, 1.807) is 12.1 Å². The molecule has 3 heteroatoms. The third kappa shape index (κ3) is 4.81. The second-order valence-corrected chi connectivity index (χ2v) is 7.86. The SMILES string of the molecule is CC(C)c1ccc(C(=O)OO[C]2CCCCC2C(C)(C)C)cc1. The lowest BCUT2D eigenvalue weighted by Gasteiger charge is -2.37. The highest BCUT2D eigenvalue weighted by Crippen LogP contribution is 2.43. The summed E-state index contributed by atoms with van der Waals surface area (Å²) in [7, 11) is 0. The van der Waals surface area contributed by atoms with Gasteiger partial charge in [-0.2, -0.15) is 4.89 Å². The summed E-state index contributed by atoms with van der Waals surface area (Å²) < 4.78 is 0. The van der Waals surface area contributed by atoms with Crippen LogP contribution in [-0.4, -0.2) is 5.97 Å². The summed E-state index contributed by atoms with van der Waals surface area (Å²) in [5.41, 5.74) is 1.86. The average Bonchev–Trinajstić information content (AvgIpc) is 2.52. The van der Waals surface area contributed by atoms with E-state index in [9.17, 15) is 4.79 Å². The van der Waals surface area contributed by atoms with Crippen LogP contribution in [0.1, 0.15) is 82.1 Å². The molecule has 127 valence electrons. The van der Waals surface area contributed by atoms with Crippen LogP contribution in [0.15, 0.2) is 24.3 Å². The molecule has 1 aliphatic rings. The van der Waals surface area contributed by atoms with Crippen molar-refractivity contribution >= 4 is 5.97 Å². The molecule has 1 aromatic rings. The summed E-state index contributed by atoms with van der Waals surface area (Å²) in [5.74, 6) is 0.361. The first-order valence-electron chi connectivity index (χ1n) is 8.63. The lowest BCUT2D eigenvalue weighted by molar-refractivity contribution is -0.252. The molecule has 0 heterocycles. The fraction of sp³-hybridized carbons (Fsp3) is 0.600. The zero-order valence-electron chi connectivity index (χ0n) is 15.0. The fourth-order valence-corrected chi connectivity index (χ4v) is 3.14. The monoisotopic (exact) mass is 317 g/mol. The number of hydrogen-bond acceptors (Lipinski definition) is 3. The summed E-state index contributed by atoms with van der Waals surface area (Å²) in [6, 6.07) is 7.53. The van der Waals surface area contributed by atoms with Crippen molar-refractivity contribution in [3.05, 3.63) is 41.5 Å². The molecule has 2 rings (SSSR count). The van der Waals surface area contributed by atoms with Crippen LogP contribution in [0.2, 0.25) is 0 Å². The van der Waals surface area contributed by atoms with Gasteiger partial charge in [-0.15, -0.1) is 0 Å². The van der Waals surface area contributed by atoms with Crippen molar-refractivity contribution in [2.75, 3.05) is 0 Å². The van der Waals surface area contributed by atoms with Crippen LogP contribution in [0.5, 0.6) is 0 Å². The lowest BCUT2D eigenvalue weighted by atomic mass is 9.71. The Labute approximate surface area is 140 Å². The van der Waals surface area contributed by atoms with E-state index in [2.05, 4.69) is 34.6 Å². The molecule has 0 aromatic heterocycles. The number of carbonyl (C=O) groups is 1. The summed E-state index contributed by atoms with van der Waals surface area (Å²) in [4.78, 5) is 22.8. The Morgan fingerprint density at radius 3 is 2.35 bits per heavy atom. The van der Waals surface area contributed by atoms with Crippen LogP contribution in [0.3, 0.4) is 0 Å². The molecule has 0 spiro atoms. The van der Waals surface area contributed by atoms with Crippen LogP contribution < -0.4 is 0 Å². The predicted molar refractivity (Wildman–Crippen MR) is 91.7 cm³/mol. The summed E-state index contributed by atoms with van der Waals surface area (Å²) in [6.45, 7) is 10.9. The lowest BCUT2D eigenvalue weighted by Crippen LogP contribution is -2.31. The van der Waals surface area contributed by atoms with Gasteiger partial charge < -0.3 is 0 Å². The molecule has 3 nitrogen and oxygen atoms in total. The minimum absolute atomic E-state index is 0.126. The van der Waals surface area contributed by atoms with Gasteiger partial charge in [0.05, 0.1) is 5.56 Å². The van der Waals surface area contributed by atoms with E-state index < -0.39 is 5.97 Å². The van der Waals surface area contributed by atoms with Gasteiger partial charge in [0, 0.05) is 5.92 Å². The first-order valence-corrected chi connectivity index (χ1v) is 8.63. The molecule has 1 radical (unpaired) electrons. The number of carbonyl (C=O) groups excluding carboxylic acids is 1.